The molecule has 0 aliphatic heterocycles. The molecule has 132 valence electrons. The van der Waals surface area contributed by atoms with Crippen molar-refractivity contribution < 1.29 is 4.79 Å². The van der Waals surface area contributed by atoms with Crippen molar-refractivity contribution in [3.8, 4) is 0 Å². The number of benzene rings is 2. The zero-order valence-electron chi connectivity index (χ0n) is 14.7. The van der Waals surface area contributed by atoms with Gasteiger partial charge in [0, 0.05) is 12.0 Å². The van der Waals surface area contributed by atoms with Gasteiger partial charge in [-0.1, -0.05) is 41.6 Å². The third-order valence-corrected chi connectivity index (χ3v) is 5.07. The molecule has 1 amide bonds. The Morgan fingerprint density at radius 2 is 2.04 bits per heavy atom. The predicted octanol–water partition coefficient (Wildman–Crippen LogP) is 2.71. The summed E-state index contributed by atoms with van der Waals surface area (Å²) in [6.45, 7) is 2.04. The molecule has 6 heteroatoms. The second-order valence-electron chi connectivity index (χ2n) is 6.72. The molecule has 1 unspecified atom stereocenters. The Bertz CT molecular complexity index is 905. The van der Waals surface area contributed by atoms with E-state index in [0.717, 1.165) is 29.5 Å². The van der Waals surface area contributed by atoms with E-state index in [-0.39, 0.29) is 11.9 Å². The molecule has 1 heterocycles. The number of H-pyrrole nitrogens is 1. The number of carbonyl (C=O) groups is 1. The third-order valence-electron chi connectivity index (χ3n) is 5.07. The Labute approximate surface area is 152 Å². The molecule has 3 aromatic rings. The van der Waals surface area contributed by atoms with Gasteiger partial charge in [0.15, 0.2) is 5.82 Å². The molecule has 26 heavy (non-hydrogen) atoms. The fourth-order valence-electron chi connectivity index (χ4n) is 3.71. The molecule has 0 radical (unpaired) electrons. The molecule has 1 aromatic heterocycles. The number of nitrogens with zero attached hydrogens (tertiary/aromatic N) is 3. The number of tetrazole rings is 1. The van der Waals surface area contributed by atoms with E-state index in [1.807, 2.05) is 43.3 Å². The normalized spacial score (nSPS) is 14.0. The summed E-state index contributed by atoms with van der Waals surface area (Å²) < 4.78 is 0. The maximum absolute atomic E-state index is 13.0. The Morgan fingerprint density at radius 3 is 2.81 bits per heavy atom. The van der Waals surface area contributed by atoms with Crippen molar-refractivity contribution in [3.63, 3.8) is 0 Å². The minimum absolute atomic E-state index is 0.0945. The highest BCUT2D eigenvalue weighted by atomic mass is 16.1. The van der Waals surface area contributed by atoms with Gasteiger partial charge in [-0.2, -0.15) is 5.21 Å². The van der Waals surface area contributed by atoms with Gasteiger partial charge >= 0.3 is 0 Å². The molecular formula is C20H21N5O. The first-order valence-corrected chi connectivity index (χ1v) is 8.92. The number of carbonyl (C=O) groups excluding carboxylic acids is 1. The number of hydrogen-bond acceptors (Lipinski definition) is 4. The monoisotopic (exact) mass is 347 g/mol. The fraction of sp³-hybridized carbons (Fsp3) is 0.300. The van der Waals surface area contributed by atoms with Gasteiger partial charge in [-0.3, -0.25) is 4.79 Å². The summed E-state index contributed by atoms with van der Waals surface area (Å²) in [6, 6.07) is 13.7. The highest BCUT2D eigenvalue weighted by Crippen LogP contribution is 2.27. The van der Waals surface area contributed by atoms with E-state index >= 15 is 0 Å². The fourth-order valence-corrected chi connectivity index (χ4v) is 3.71. The van der Waals surface area contributed by atoms with Crippen LogP contribution in [0.1, 0.15) is 50.9 Å². The molecule has 6 nitrogen and oxygen atoms in total. The van der Waals surface area contributed by atoms with Crippen LogP contribution < -0.4 is 5.32 Å². The summed E-state index contributed by atoms with van der Waals surface area (Å²) >= 11 is 0. The molecule has 1 aliphatic rings. The highest BCUT2D eigenvalue weighted by molar-refractivity contribution is 5.96. The average Bonchev–Trinajstić information content (AvgIpc) is 3.34. The Morgan fingerprint density at radius 1 is 1.19 bits per heavy atom. The molecule has 0 spiro atoms. The van der Waals surface area contributed by atoms with Crippen LogP contribution in [0.3, 0.4) is 0 Å². The van der Waals surface area contributed by atoms with Gasteiger partial charge in [-0.25, -0.2) is 0 Å². The van der Waals surface area contributed by atoms with Crippen molar-refractivity contribution in [2.75, 3.05) is 0 Å². The lowest BCUT2D eigenvalue weighted by molar-refractivity contribution is 0.0934. The first kappa shape index (κ1) is 16.4. The lowest BCUT2D eigenvalue weighted by Crippen LogP contribution is -2.31. The maximum atomic E-state index is 13.0. The smallest absolute Gasteiger partial charge is 0.252 e. The van der Waals surface area contributed by atoms with Gasteiger partial charge in [0.25, 0.3) is 5.91 Å². The largest absolute Gasteiger partial charge is 0.342 e. The molecule has 4 rings (SSSR count). The number of hydrogen-bond donors (Lipinski definition) is 2. The summed E-state index contributed by atoms with van der Waals surface area (Å²) in [5.74, 6) is 0.393. The number of nitrogens with one attached hydrogen (secondary N) is 2. The van der Waals surface area contributed by atoms with Crippen LogP contribution in [0.25, 0.3) is 0 Å². The van der Waals surface area contributed by atoms with Crippen LogP contribution in [0.15, 0.2) is 42.5 Å². The molecule has 2 aromatic carbocycles. The van der Waals surface area contributed by atoms with E-state index in [1.165, 1.54) is 17.5 Å². The summed E-state index contributed by atoms with van der Waals surface area (Å²) in [6.07, 6.45) is 3.94. The molecule has 0 fully saturated rings. The Kier molecular flexibility index (Phi) is 4.48. The van der Waals surface area contributed by atoms with Gasteiger partial charge in [0.1, 0.15) is 0 Å². The van der Waals surface area contributed by atoms with E-state index < -0.39 is 0 Å². The SMILES string of the molecule is Cc1c(C(=O)NC(Cc2ccccc2)c2nn[nH]n2)ccc2c1CCC2. The minimum Gasteiger partial charge on any atom is -0.342 e. The van der Waals surface area contributed by atoms with E-state index in [4.69, 9.17) is 0 Å². The maximum Gasteiger partial charge on any atom is 0.252 e. The number of aryl methyl sites for hydroxylation is 1. The van der Waals surface area contributed by atoms with Crippen LogP contribution in [0.2, 0.25) is 0 Å². The van der Waals surface area contributed by atoms with Crippen LogP contribution in [0.5, 0.6) is 0 Å². The first-order chi connectivity index (χ1) is 12.7. The lowest BCUT2D eigenvalue weighted by atomic mass is 9.97. The van der Waals surface area contributed by atoms with E-state index in [2.05, 4.69) is 32.0 Å². The van der Waals surface area contributed by atoms with Gasteiger partial charge in [0.2, 0.25) is 0 Å². The predicted molar refractivity (Wildman–Crippen MR) is 97.7 cm³/mol. The highest BCUT2D eigenvalue weighted by Gasteiger charge is 2.23. The molecule has 0 bridgehead atoms. The number of amides is 1. The van der Waals surface area contributed by atoms with E-state index in [0.29, 0.717) is 12.2 Å². The molecule has 2 N–H and O–H groups in total. The zero-order chi connectivity index (χ0) is 17.9. The lowest BCUT2D eigenvalue weighted by Gasteiger charge is -2.17. The van der Waals surface area contributed by atoms with Crippen molar-refractivity contribution >= 4 is 5.91 Å². The average molecular weight is 347 g/mol. The van der Waals surface area contributed by atoms with Crippen LogP contribution in [0, 0.1) is 6.92 Å². The van der Waals surface area contributed by atoms with Gasteiger partial charge in [-0.05, 0) is 54.5 Å². The van der Waals surface area contributed by atoms with Crippen LogP contribution >= 0.6 is 0 Å². The van der Waals surface area contributed by atoms with Crippen molar-refractivity contribution in [2.45, 2.75) is 38.6 Å². The minimum atomic E-state index is -0.337. The standard InChI is InChI=1S/C20H21N5O/c1-13-16-9-5-8-15(16)10-11-17(13)20(26)21-18(19-22-24-25-23-19)12-14-6-3-2-4-7-14/h2-4,6-7,10-11,18H,5,8-9,12H2,1H3,(H,21,26)(H,22,23,24,25). The molecule has 0 saturated carbocycles. The number of aromatic nitrogens is 4. The Hall–Kier alpha value is -3.02. The summed E-state index contributed by atoms with van der Waals surface area (Å²) in [4.78, 5) is 13.0. The number of fused-ring (bicyclic) bond motifs is 1. The van der Waals surface area contributed by atoms with Gasteiger partial charge in [0.05, 0.1) is 6.04 Å². The topological polar surface area (TPSA) is 83.6 Å². The summed E-state index contributed by atoms with van der Waals surface area (Å²) in [7, 11) is 0. The molecule has 1 atom stereocenters. The van der Waals surface area contributed by atoms with Crippen LogP contribution in [0.4, 0.5) is 0 Å². The van der Waals surface area contributed by atoms with Crippen LogP contribution in [-0.4, -0.2) is 26.5 Å². The van der Waals surface area contributed by atoms with E-state index in [9.17, 15) is 4.79 Å². The quantitative estimate of drug-likeness (QED) is 0.743. The molecule has 0 saturated heterocycles. The van der Waals surface area contributed by atoms with Crippen molar-refractivity contribution in [3.05, 3.63) is 76.1 Å². The van der Waals surface area contributed by atoms with E-state index in [1.54, 1.807) is 0 Å². The molecule has 1 aliphatic carbocycles. The molecular weight excluding hydrogens is 326 g/mol. The summed E-state index contributed by atoms with van der Waals surface area (Å²) in [5, 5.41) is 17.4. The third kappa shape index (κ3) is 3.22. The summed E-state index contributed by atoms with van der Waals surface area (Å²) in [5.41, 5.74) is 5.62. The van der Waals surface area contributed by atoms with Crippen molar-refractivity contribution in [1.29, 1.82) is 0 Å². The van der Waals surface area contributed by atoms with Crippen molar-refractivity contribution in [1.82, 2.24) is 25.9 Å². The van der Waals surface area contributed by atoms with Gasteiger partial charge < -0.3 is 5.32 Å². The Balaban J connectivity index is 1.59. The van der Waals surface area contributed by atoms with Crippen molar-refractivity contribution in [2.24, 2.45) is 0 Å². The van der Waals surface area contributed by atoms with Crippen LogP contribution in [-0.2, 0) is 19.3 Å². The second kappa shape index (κ2) is 7.07. The number of aromatic amines is 1. The second-order valence-corrected chi connectivity index (χ2v) is 6.72. The number of rotatable bonds is 5. The zero-order valence-corrected chi connectivity index (χ0v) is 14.7. The van der Waals surface area contributed by atoms with Gasteiger partial charge in [-0.15, -0.1) is 10.2 Å². The first-order valence-electron chi connectivity index (χ1n) is 8.92.